The van der Waals surface area contributed by atoms with Gasteiger partial charge in [-0.1, -0.05) is 30.3 Å². The highest BCUT2D eigenvalue weighted by Gasteiger charge is 2.42. The number of carbonyl (C=O) groups is 1. The number of rotatable bonds is 4. The van der Waals surface area contributed by atoms with E-state index in [1.54, 1.807) is 0 Å². The van der Waals surface area contributed by atoms with Crippen LogP contribution >= 0.6 is 0 Å². The van der Waals surface area contributed by atoms with Crippen molar-refractivity contribution in [3.63, 3.8) is 0 Å². The Kier molecular flexibility index (Phi) is 4.12. The molecule has 5 nitrogen and oxygen atoms in total. The number of nitrogens with zero attached hydrogens (tertiary/aromatic N) is 2. The average molecular weight is 290 g/mol. The van der Waals surface area contributed by atoms with Gasteiger partial charge in [0, 0.05) is 26.2 Å². The first kappa shape index (κ1) is 14.4. The predicted molar refractivity (Wildman–Crippen MR) is 79.0 cm³/mol. The molecule has 3 rings (SSSR count). The Morgan fingerprint density at radius 3 is 2.57 bits per heavy atom. The molecule has 0 spiro atoms. The van der Waals surface area contributed by atoms with E-state index in [1.807, 2.05) is 18.2 Å². The zero-order chi connectivity index (χ0) is 14.8. The normalized spacial score (nSPS) is 24.8. The Balaban J connectivity index is 1.67. The van der Waals surface area contributed by atoms with Crippen LogP contribution in [0.15, 0.2) is 30.3 Å². The van der Waals surface area contributed by atoms with Crippen molar-refractivity contribution in [2.75, 3.05) is 19.6 Å². The smallest absolute Gasteiger partial charge is 0.407 e. The molecule has 0 radical (unpaired) electrons. The van der Waals surface area contributed by atoms with Crippen molar-refractivity contribution in [3.05, 3.63) is 35.9 Å². The number of aliphatic hydroxyl groups excluding tert-OH is 1. The summed E-state index contributed by atoms with van der Waals surface area (Å²) in [5, 5.41) is 19.7. The molecule has 1 saturated carbocycles. The number of hydrogen-bond acceptors (Lipinski definition) is 3. The van der Waals surface area contributed by atoms with Crippen molar-refractivity contribution in [2.45, 2.75) is 31.5 Å². The highest BCUT2D eigenvalue weighted by Crippen LogP contribution is 2.36. The van der Waals surface area contributed by atoms with Gasteiger partial charge in [0.1, 0.15) is 0 Å². The van der Waals surface area contributed by atoms with Gasteiger partial charge in [0.05, 0.1) is 12.1 Å². The lowest BCUT2D eigenvalue weighted by Gasteiger charge is -2.42. The van der Waals surface area contributed by atoms with Crippen molar-refractivity contribution < 1.29 is 15.0 Å². The summed E-state index contributed by atoms with van der Waals surface area (Å²) in [4.78, 5) is 15.0. The molecule has 1 aromatic rings. The van der Waals surface area contributed by atoms with Crippen LogP contribution in [-0.4, -0.2) is 57.9 Å². The Morgan fingerprint density at radius 2 is 1.95 bits per heavy atom. The van der Waals surface area contributed by atoms with Crippen LogP contribution in [0.2, 0.25) is 0 Å². The summed E-state index contributed by atoms with van der Waals surface area (Å²) in [6, 6.07) is 9.88. The fourth-order valence-corrected chi connectivity index (χ4v) is 3.14. The van der Waals surface area contributed by atoms with Crippen LogP contribution in [0.25, 0.3) is 0 Å². The van der Waals surface area contributed by atoms with Gasteiger partial charge in [0.15, 0.2) is 0 Å². The van der Waals surface area contributed by atoms with Crippen molar-refractivity contribution in [2.24, 2.45) is 5.92 Å². The van der Waals surface area contributed by atoms with Gasteiger partial charge in [-0.3, -0.25) is 4.90 Å². The topological polar surface area (TPSA) is 64.0 Å². The first-order valence-corrected chi connectivity index (χ1v) is 7.59. The minimum atomic E-state index is -0.918. The quantitative estimate of drug-likeness (QED) is 0.884. The molecule has 2 aliphatic rings. The third kappa shape index (κ3) is 3.36. The van der Waals surface area contributed by atoms with E-state index in [0.717, 1.165) is 25.9 Å². The summed E-state index contributed by atoms with van der Waals surface area (Å²) in [6.45, 7) is 2.60. The zero-order valence-corrected chi connectivity index (χ0v) is 12.1. The maximum atomic E-state index is 11.4. The molecule has 1 saturated heterocycles. The molecule has 1 aromatic carbocycles. The second kappa shape index (κ2) is 6.03. The van der Waals surface area contributed by atoms with E-state index in [2.05, 4.69) is 17.0 Å². The highest BCUT2D eigenvalue weighted by atomic mass is 16.4. The summed E-state index contributed by atoms with van der Waals surface area (Å²) in [7, 11) is 0. The van der Waals surface area contributed by atoms with E-state index in [9.17, 15) is 15.0 Å². The van der Waals surface area contributed by atoms with E-state index in [0.29, 0.717) is 13.1 Å². The van der Waals surface area contributed by atoms with Gasteiger partial charge in [0.2, 0.25) is 0 Å². The summed E-state index contributed by atoms with van der Waals surface area (Å²) < 4.78 is 0. The van der Waals surface area contributed by atoms with Crippen LogP contribution in [0, 0.1) is 5.92 Å². The minimum Gasteiger partial charge on any atom is -0.465 e. The standard InChI is InChI=1S/C16H22N2O3/c19-15(13-6-7-13)14-11-17(8-9-18(14)16(20)21)10-12-4-2-1-3-5-12/h1-5,13-15,19H,6-11H2,(H,20,21)/t14-,15?/m0/s1. The summed E-state index contributed by atoms with van der Waals surface area (Å²) in [6.07, 6.45) is 0.590. The van der Waals surface area contributed by atoms with Gasteiger partial charge in [-0.2, -0.15) is 0 Å². The second-order valence-corrected chi connectivity index (χ2v) is 6.09. The zero-order valence-electron chi connectivity index (χ0n) is 12.1. The number of carboxylic acid groups (broad SMARTS) is 1. The number of aliphatic hydroxyl groups is 1. The SMILES string of the molecule is O=C(O)N1CCN(Cc2ccccc2)C[C@H]1C(O)C1CC1. The number of piperazine rings is 1. The lowest BCUT2D eigenvalue weighted by atomic mass is 10.0. The Hall–Kier alpha value is -1.59. The summed E-state index contributed by atoms with van der Waals surface area (Å²) in [5.74, 6) is 0.286. The first-order valence-electron chi connectivity index (χ1n) is 7.59. The van der Waals surface area contributed by atoms with Crippen LogP contribution < -0.4 is 0 Å². The van der Waals surface area contributed by atoms with Crippen LogP contribution in [0.3, 0.4) is 0 Å². The van der Waals surface area contributed by atoms with Gasteiger partial charge in [-0.15, -0.1) is 0 Å². The maximum Gasteiger partial charge on any atom is 0.407 e. The fraction of sp³-hybridized carbons (Fsp3) is 0.562. The van der Waals surface area contributed by atoms with Crippen molar-refractivity contribution >= 4 is 6.09 Å². The molecular formula is C16H22N2O3. The van der Waals surface area contributed by atoms with Crippen molar-refractivity contribution in [3.8, 4) is 0 Å². The molecule has 1 aliphatic heterocycles. The second-order valence-electron chi connectivity index (χ2n) is 6.09. The van der Waals surface area contributed by atoms with Gasteiger partial charge < -0.3 is 15.1 Å². The Morgan fingerprint density at radius 1 is 1.24 bits per heavy atom. The molecule has 1 unspecified atom stereocenters. The van der Waals surface area contributed by atoms with Gasteiger partial charge in [0.25, 0.3) is 0 Å². The molecule has 1 amide bonds. The van der Waals surface area contributed by atoms with Gasteiger partial charge >= 0.3 is 6.09 Å². The van der Waals surface area contributed by atoms with E-state index in [4.69, 9.17) is 0 Å². The van der Waals surface area contributed by atoms with E-state index in [-0.39, 0.29) is 12.0 Å². The lowest BCUT2D eigenvalue weighted by Crippen LogP contribution is -2.59. The number of amides is 1. The lowest BCUT2D eigenvalue weighted by molar-refractivity contribution is -0.00993. The monoisotopic (exact) mass is 290 g/mol. The van der Waals surface area contributed by atoms with Crippen molar-refractivity contribution in [1.29, 1.82) is 0 Å². The Labute approximate surface area is 124 Å². The largest absolute Gasteiger partial charge is 0.465 e. The van der Waals surface area contributed by atoms with Crippen LogP contribution in [0.1, 0.15) is 18.4 Å². The predicted octanol–water partition coefficient (Wildman–Crippen LogP) is 1.62. The maximum absolute atomic E-state index is 11.4. The van der Waals surface area contributed by atoms with E-state index in [1.165, 1.54) is 10.5 Å². The van der Waals surface area contributed by atoms with E-state index >= 15 is 0 Å². The highest BCUT2D eigenvalue weighted by molar-refractivity contribution is 5.65. The van der Waals surface area contributed by atoms with Crippen LogP contribution in [0.4, 0.5) is 4.79 Å². The third-order valence-electron chi connectivity index (χ3n) is 4.50. The van der Waals surface area contributed by atoms with Gasteiger partial charge in [-0.05, 0) is 24.3 Å². The molecule has 0 bridgehead atoms. The molecule has 2 atom stereocenters. The fourth-order valence-electron chi connectivity index (χ4n) is 3.14. The van der Waals surface area contributed by atoms with Crippen molar-refractivity contribution in [1.82, 2.24) is 9.80 Å². The van der Waals surface area contributed by atoms with Gasteiger partial charge in [-0.25, -0.2) is 4.79 Å². The molecule has 1 heterocycles. The summed E-state index contributed by atoms with van der Waals surface area (Å²) in [5.41, 5.74) is 1.22. The molecule has 2 fully saturated rings. The Bertz CT molecular complexity index is 490. The molecule has 0 aromatic heterocycles. The number of benzene rings is 1. The molecule has 2 N–H and O–H groups in total. The molecule has 1 aliphatic carbocycles. The van der Waals surface area contributed by atoms with E-state index < -0.39 is 12.2 Å². The molecular weight excluding hydrogens is 268 g/mol. The molecule has 114 valence electrons. The third-order valence-corrected chi connectivity index (χ3v) is 4.50. The molecule has 21 heavy (non-hydrogen) atoms. The summed E-state index contributed by atoms with van der Waals surface area (Å²) >= 11 is 0. The van der Waals surface area contributed by atoms with Crippen LogP contribution in [0.5, 0.6) is 0 Å². The first-order chi connectivity index (χ1) is 10.1. The average Bonchev–Trinajstić information content (AvgIpc) is 3.32. The van der Waals surface area contributed by atoms with Crippen LogP contribution in [-0.2, 0) is 6.54 Å². The molecule has 5 heteroatoms. The minimum absolute atomic E-state index is 0.286. The number of hydrogen-bond donors (Lipinski definition) is 2.